The van der Waals surface area contributed by atoms with Crippen molar-refractivity contribution in [1.29, 1.82) is 0 Å². The minimum Gasteiger partial charge on any atom is -0.448 e. The van der Waals surface area contributed by atoms with Gasteiger partial charge in [0.1, 0.15) is 4.88 Å². The lowest BCUT2D eigenvalue weighted by Crippen LogP contribution is -2.29. The van der Waals surface area contributed by atoms with E-state index in [2.05, 4.69) is 5.32 Å². The van der Waals surface area contributed by atoms with Gasteiger partial charge in [-0.25, -0.2) is 4.79 Å². The average Bonchev–Trinajstić information content (AvgIpc) is 3.01. The predicted molar refractivity (Wildman–Crippen MR) is 96.8 cm³/mol. The normalized spacial score (nSPS) is 11.9. The Balaban J connectivity index is 1.67. The van der Waals surface area contributed by atoms with E-state index in [1.807, 2.05) is 24.3 Å². The maximum absolute atomic E-state index is 12.2. The molecule has 1 amide bonds. The van der Waals surface area contributed by atoms with Crippen LogP contribution in [-0.2, 0) is 9.53 Å². The van der Waals surface area contributed by atoms with Gasteiger partial charge >= 0.3 is 5.97 Å². The van der Waals surface area contributed by atoms with Crippen LogP contribution in [0.4, 0.5) is 5.69 Å². The molecule has 1 heterocycles. The number of ether oxygens (including phenoxy) is 1. The van der Waals surface area contributed by atoms with E-state index in [0.29, 0.717) is 15.6 Å². The second-order valence-electron chi connectivity index (χ2n) is 5.17. The van der Waals surface area contributed by atoms with Crippen molar-refractivity contribution >= 4 is 50.6 Å². The number of fused-ring (bicyclic) bond motifs is 1. The van der Waals surface area contributed by atoms with Gasteiger partial charge in [-0.15, -0.1) is 11.3 Å². The number of thiophene rings is 1. The summed E-state index contributed by atoms with van der Waals surface area (Å²) in [6.45, 7) is 1.53. The quantitative estimate of drug-likeness (QED) is 0.684. The minimum atomic E-state index is -0.931. The number of amides is 1. The highest BCUT2D eigenvalue weighted by Crippen LogP contribution is 2.26. The molecular weight excluding hydrogens is 346 g/mol. The lowest BCUT2D eigenvalue weighted by molar-refractivity contribution is -0.123. The van der Waals surface area contributed by atoms with Crippen LogP contribution in [0.5, 0.6) is 0 Å². The summed E-state index contributed by atoms with van der Waals surface area (Å²) in [5.74, 6) is -0.949. The first-order chi connectivity index (χ1) is 11.5. The Hall–Kier alpha value is -2.37. The molecule has 3 aromatic rings. The number of hydrogen-bond donors (Lipinski definition) is 1. The van der Waals surface area contributed by atoms with Gasteiger partial charge in [0.2, 0.25) is 0 Å². The van der Waals surface area contributed by atoms with Gasteiger partial charge in [-0.2, -0.15) is 0 Å². The summed E-state index contributed by atoms with van der Waals surface area (Å²) in [7, 11) is 0. The summed E-state index contributed by atoms with van der Waals surface area (Å²) in [6.07, 6.45) is -0.931. The Kier molecular flexibility index (Phi) is 4.83. The Morgan fingerprint density at radius 1 is 1.12 bits per heavy atom. The van der Waals surface area contributed by atoms with Gasteiger partial charge in [-0.05, 0) is 36.6 Å². The van der Waals surface area contributed by atoms with Gasteiger partial charge < -0.3 is 10.1 Å². The predicted octanol–water partition coefficient (Wildman–Crippen LogP) is 4.74. The van der Waals surface area contributed by atoms with E-state index in [9.17, 15) is 9.59 Å². The molecule has 6 heteroatoms. The van der Waals surface area contributed by atoms with Crippen LogP contribution < -0.4 is 5.32 Å². The molecule has 0 radical (unpaired) electrons. The standard InChI is InChI=1S/C18H14ClNO3S/c1-11(17(21)20-14-8-4-3-7-13(14)19)23-18(22)16-10-12-6-2-5-9-15(12)24-16/h2-11H,1H3,(H,20,21). The average molecular weight is 360 g/mol. The summed E-state index contributed by atoms with van der Waals surface area (Å²) in [6, 6.07) is 16.3. The zero-order valence-electron chi connectivity index (χ0n) is 12.8. The van der Waals surface area contributed by atoms with E-state index in [1.54, 1.807) is 30.3 Å². The highest BCUT2D eigenvalue weighted by Gasteiger charge is 2.21. The molecule has 1 atom stereocenters. The summed E-state index contributed by atoms with van der Waals surface area (Å²) in [4.78, 5) is 24.9. The second kappa shape index (κ2) is 7.03. The Morgan fingerprint density at radius 2 is 1.83 bits per heavy atom. The number of nitrogens with one attached hydrogen (secondary N) is 1. The highest BCUT2D eigenvalue weighted by atomic mass is 35.5. The molecule has 24 heavy (non-hydrogen) atoms. The number of esters is 1. The smallest absolute Gasteiger partial charge is 0.349 e. The van der Waals surface area contributed by atoms with Gasteiger partial charge in [0.25, 0.3) is 5.91 Å². The van der Waals surface area contributed by atoms with Crippen LogP contribution in [0, 0.1) is 0 Å². The Labute approximate surface area is 148 Å². The number of halogens is 1. The largest absolute Gasteiger partial charge is 0.448 e. The molecule has 1 aromatic heterocycles. The number of carbonyl (C=O) groups is 2. The number of rotatable bonds is 4. The molecule has 122 valence electrons. The van der Waals surface area contributed by atoms with Crippen LogP contribution in [0.15, 0.2) is 54.6 Å². The monoisotopic (exact) mass is 359 g/mol. The van der Waals surface area contributed by atoms with E-state index in [4.69, 9.17) is 16.3 Å². The molecule has 0 fully saturated rings. The van der Waals surface area contributed by atoms with Crippen molar-refractivity contribution in [2.24, 2.45) is 0 Å². The number of carbonyl (C=O) groups excluding carboxylic acids is 2. The first kappa shape index (κ1) is 16.5. The maximum atomic E-state index is 12.2. The molecule has 0 saturated heterocycles. The fourth-order valence-corrected chi connectivity index (χ4v) is 3.28. The van der Waals surface area contributed by atoms with Gasteiger partial charge in [0, 0.05) is 4.70 Å². The molecule has 0 aliphatic rings. The molecule has 0 aliphatic carbocycles. The molecule has 0 bridgehead atoms. The van der Waals surface area contributed by atoms with Gasteiger partial charge in [-0.3, -0.25) is 4.79 Å². The zero-order chi connectivity index (χ0) is 17.1. The van der Waals surface area contributed by atoms with E-state index < -0.39 is 18.0 Å². The maximum Gasteiger partial charge on any atom is 0.349 e. The topological polar surface area (TPSA) is 55.4 Å². The number of para-hydroxylation sites is 1. The van der Waals surface area contributed by atoms with Crippen molar-refractivity contribution in [2.45, 2.75) is 13.0 Å². The van der Waals surface area contributed by atoms with Crippen molar-refractivity contribution in [2.75, 3.05) is 5.32 Å². The summed E-state index contributed by atoms with van der Waals surface area (Å²) < 4.78 is 6.25. The third-order valence-corrected chi connectivity index (χ3v) is 4.84. The zero-order valence-corrected chi connectivity index (χ0v) is 14.4. The molecule has 0 aliphatic heterocycles. The summed E-state index contributed by atoms with van der Waals surface area (Å²) in [5, 5.41) is 4.05. The molecule has 1 N–H and O–H groups in total. The molecule has 4 nitrogen and oxygen atoms in total. The molecule has 1 unspecified atom stereocenters. The van der Waals surface area contributed by atoms with E-state index in [0.717, 1.165) is 10.1 Å². The number of anilines is 1. The van der Waals surface area contributed by atoms with Crippen molar-refractivity contribution in [1.82, 2.24) is 0 Å². The van der Waals surface area contributed by atoms with E-state index >= 15 is 0 Å². The number of benzene rings is 2. The third kappa shape index (κ3) is 3.58. The van der Waals surface area contributed by atoms with Crippen LogP contribution in [0.2, 0.25) is 5.02 Å². The van der Waals surface area contributed by atoms with Crippen LogP contribution in [-0.4, -0.2) is 18.0 Å². The van der Waals surface area contributed by atoms with Gasteiger partial charge in [0.05, 0.1) is 10.7 Å². The molecule has 0 spiro atoms. The fraction of sp³-hybridized carbons (Fsp3) is 0.111. The SMILES string of the molecule is CC(OC(=O)c1cc2ccccc2s1)C(=O)Nc1ccccc1Cl. The van der Waals surface area contributed by atoms with Crippen molar-refractivity contribution in [3.63, 3.8) is 0 Å². The Bertz CT molecular complexity index is 873. The molecular formula is C18H14ClNO3S. The summed E-state index contributed by atoms with van der Waals surface area (Å²) >= 11 is 7.34. The van der Waals surface area contributed by atoms with Gasteiger partial charge in [0.15, 0.2) is 6.10 Å². The van der Waals surface area contributed by atoms with Crippen LogP contribution >= 0.6 is 22.9 Å². The van der Waals surface area contributed by atoms with Gasteiger partial charge in [-0.1, -0.05) is 41.9 Å². The van der Waals surface area contributed by atoms with Crippen molar-refractivity contribution < 1.29 is 14.3 Å². The molecule has 3 rings (SSSR count). The molecule has 0 saturated carbocycles. The molecule has 2 aromatic carbocycles. The van der Waals surface area contributed by atoms with Crippen molar-refractivity contribution in [3.05, 3.63) is 64.5 Å². The lowest BCUT2D eigenvalue weighted by Gasteiger charge is -2.13. The van der Waals surface area contributed by atoms with Crippen LogP contribution in [0.3, 0.4) is 0 Å². The van der Waals surface area contributed by atoms with Crippen LogP contribution in [0.1, 0.15) is 16.6 Å². The first-order valence-electron chi connectivity index (χ1n) is 7.29. The second-order valence-corrected chi connectivity index (χ2v) is 6.66. The fourth-order valence-electron chi connectivity index (χ4n) is 2.15. The number of hydrogen-bond acceptors (Lipinski definition) is 4. The first-order valence-corrected chi connectivity index (χ1v) is 8.49. The highest BCUT2D eigenvalue weighted by molar-refractivity contribution is 7.20. The lowest BCUT2D eigenvalue weighted by atomic mass is 10.2. The van der Waals surface area contributed by atoms with E-state index in [-0.39, 0.29) is 0 Å². The van der Waals surface area contributed by atoms with Crippen molar-refractivity contribution in [3.8, 4) is 0 Å². The summed E-state index contributed by atoms with van der Waals surface area (Å²) in [5.41, 5.74) is 0.480. The minimum absolute atomic E-state index is 0.425. The van der Waals surface area contributed by atoms with E-state index in [1.165, 1.54) is 18.3 Å². The Morgan fingerprint density at radius 3 is 2.58 bits per heavy atom. The third-order valence-electron chi connectivity index (χ3n) is 3.41. The van der Waals surface area contributed by atoms with Crippen LogP contribution in [0.25, 0.3) is 10.1 Å².